The number of hydrogen-bond donors (Lipinski definition) is 0. The van der Waals surface area contributed by atoms with Gasteiger partial charge in [0.25, 0.3) is 0 Å². The number of benzene rings is 4. The van der Waals surface area contributed by atoms with Gasteiger partial charge in [0, 0.05) is 0 Å². The van der Waals surface area contributed by atoms with Gasteiger partial charge in [0.15, 0.2) is 0 Å². The van der Waals surface area contributed by atoms with Gasteiger partial charge in [-0.3, -0.25) is 0 Å². The molecule has 0 unspecified atom stereocenters. The first-order chi connectivity index (χ1) is 17.3. The minimum atomic E-state index is -4.50. The van der Waals surface area contributed by atoms with Gasteiger partial charge in [0.05, 0.1) is 46.5 Å². The standard InChI is InChI=1S/C28H20BF8.K/c1-13-5-9-17(30)21(25(13)34)29(22-18(31)10-6-14(2)26(22)35,23-19(32)11-7-15(3)27(23)36)24-20(33)12-8-16(4)28(24)37;/h5-12H,1-4H3;/q-1;+1. The van der Waals surface area contributed by atoms with E-state index in [0.717, 1.165) is 24.3 Å². The summed E-state index contributed by atoms with van der Waals surface area (Å²) in [4.78, 5) is 0. The summed E-state index contributed by atoms with van der Waals surface area (Å²) in [5.74, 6) is -11.8. The number of halogens is 8. The van der Waals surface area contributed by atoms with Crippen LogP contribution in [0.2, 0.25) is 0 Å². The average Bonchev–Trinajstić information content (AvgIpc) is 2.84. The molecule has 0 saturated carbocycles. The second-order valence-electron chi connectivity index (χ2n) is 9.23. The summed E-state index contributed by atoms with van der Waals surface area (Å²) < 4.78 is 127. The molecule has 0 saturated heterocycles. The van der Waals surface area contributed by atoms with Crippen molar-refractivity contribution in [1.82, 2.24) is 0 Å². The second kappa shape index (κ2) is 11.3. The van der Waals surface area contributed by atoms with Crippen molar-refractivity contribution in [2.75, 3.05) is 0 Å². The molecule has 192 valence electrons. The van der Waals surface area contributed by atoms with Gasteiger partial charge in [-0.15, -0.1) is 21.9 Å². The van der Waals surface area contributed by atoms with Crippen LogP contribution in [0.1, 0.15) is 22.3 Å². The average molecular weight is 558 g/mol. The topological polar surface area (TPSA) is 0 Å². The molecule has 0 heterocycles. The maximum absolute atomic E-state index is 15.9. The van der Waals surface area contributed by atoms with Crippen molar-refractivity contribution in [1.29, 1.82) is 0 Å². The molecule has 4 rings (SSSR count). The Kier molecular flexibility index (Phi) is 9.05. The molecule has 0 fully saturated rings. The molecular weight excluding hydrogens is 538 g/mol. The van der Waals surface area contributed by atoms with E-state index in [1.54, 1.807) is 0 Å². The molecule has 10 heteroatoms. The van der Waals surface area contributed by atoms with Crippen molar-refractivity contribution in [3.63, 3.8) is 0 Å². The molecule has 0 aliphatic carbocycles. The fourth-order valence-corrected chi connectivity index (χ4v) is 5.17. The number of aryl methyl sites for hydroxylation is 4. The van der Waals surface area contributed by atoms with Crippen molar-refractivity contribution in [2.45, 2.75) is 27.7 Å². The molecule has 4 aromatic rings. The molecule has 0 radical (unpaired) electrons. The molecule has 0 amide bonds. The third-order valence-corrected chi connectivity index (χ3v) is 7.01. The normalized spacial score (nSPS) is 11.5. The summed E-state index contributed by atoms with van der Waals surface area (Å²) in [5.41, 5.74) is -6.19. The van der Waals surface area contributed by atoms with Gasteiger partial charge in [0.1, 0.15) is 6.15 Å². The quantitative estimate of drug-likeness (QED) is 0.267. The van der Waals surface area contributed by atoms with Crippen molar-refractivity contribution >= 4 is 28.0 Å². The predicted molar refractivity (Wildman–Crippen MR) is 129 cm³/mol. The summed E-state index contributed by atoms with van der Waals surface area (Å²) in [5, 5.41) is 0. The van der Waals surface area contributed by atoms with Gasteiger partial charge >= 0.3 is 51.4 Å². The van der Waals surface area contributed by atoms with E-state index >= 15 is 35.1 Å². The third-order valence-electron chi connectivity index (χ3n) is 7.01. The summed E-state index contributed by atoms with van der Waals surface area (Å²) in [6, 6.07) is 6.82. The van der Waals surface area contributed by atoms with E-state index in [1.165, 1.54) is 27.7 Å². The van der Waals surface area contributed by atoms with Crippen LogP contribution in [-0.4, -0.2) is 6.15 Å². The minimum Gasteiger partial charge on any atom is -0.210 e. The first-order valence-corrected chi connectivity index (χ1v) is 11.3. The van der Waals surface area contributed by atoms with Crippen LogP contribution >= 0.6 is 0 Å². The van der Waals surface area contributed by atoms with E-state index in [9.17, 15) is 0 Å². The number of rotatable bonds is 4. The van der Waals surface area contributed by atoms with Gasteiger partial charge in [-0.1, -0.05) is 24.3 Å². The molecule has 0 aliphatic rings. The van der Waals surface area contributed by atoms with Crippen LogP contribution in [0.25, 0.3) is 0 Å². The number of hydrogen-bond acceptors (Lipinski definition) is 0. The Balaban J connectivity index is 0.00000400. The van der Waals surface area contributed by atoms with Crippen molar-refractivity contribution < 1.29 is 86.5 Å². The summed E-state index contributed by atoms with van der Waals surface area (Å²) in [6.07, 6.45) is -4.50. The van der Waals surface area contributed by atoms with Gasteiger partial charge in [0.2, 0.25) is 0 Å². The Bertz CT molecular complexity index is 1330. The molecule has 0 spiro atoms. The summed E-state index contributed by atoms with van der Waals surface area (Å²) >= 11 is 0. The molecule has 0 nitrogen and oxygen atoms in total. The summed E-state index contributed by atoms with van der Waals surface area (Å²) in [7, 11) is 0. The van der Waals surface area contributed by atoms with Crippen LogP contribution in [0.3, 0.4) is 0 Å². The monoisotopic (exact) mass is 558 g/mol. The zero-order valence-electron chi connectivity index (χ0n) is 21.2. The smallest absolute Gasteiger partial charge is 0.210 e. The molecular formula is C28H20BF8K. The van der Waals surface area contributed by atoms with Gasteiger partial charge in [-0.05, 0) is 74.2 Å². The molecule has 0 atom stereocenters. The van der Waals surface area contributed by atoms with Crippen LogP contribution in [0.15, 0.2) is 48.5 Å². The maximum atomic E-state index is 15.9. The second-order valence-corrected chi connectivity index (χ2v) is 9.23. The van der Waals surface area contributed by atoms with E-state index in [1.807, 2.05) is 0 Å². The zero-order chi connectivity index (χ0) is 27.4. The Morgan fingerprint density at radius 3 is 0.737 bits per heavy atom. The fourth-order valence-electron chi connectivity index (χ4n) is 5.17. The molecule has 0 N–H and O–H groups in total. The Hall–Kier alpha value is -1.98. The Morgan fingerprint density at radius 2 is 0.553 bits per heavy atom. The zero-order valence-corrected chi connectivity index (χ0v) is 24.3. The maximum Gasteiger partial charge on any atom is 1.00 e. The van der Waals surface area contributed by atoms with Crippen LogP contribution in [0.4, 0.5) is 35.1 Å². The minimum absolute atomic E-state index is 0. The van der Waals surface area contributed by atoms with Gasteiger partial charge in [-0.25, -0.2) is 35.1 Å². The van der Waals surface area contributed by atoms with Crippen LogP contribution < -0.4 is 73.2 Å². The van der Waals surface area contributed by atoms with Crippen molar-refractivity contribution in [3.8, 4) is 0 Å². The van der Waals surface area contributed by atoms with E-state index in [-0.39, 0.29) is 73.6 Å². The molecule has 38 heavy (non-hydrogen) atoms. The van der Waals surface area contributed by atoms with Crippen molar-refractivity contribution in [3.05, 3.63) is 117 Å². The third kappa shape index (κ3) is 4.58. The first-order valence-electron chi connectivity index (χ1n) is 11.3. The Labute approximate surface area is 257 Å². The fraction of sp³-hybridized carbons (Fsp3) is 0.143. The molecule has 0 bridgehead atoms. The van der Waals surface area contributed by atoms with Gasteiger partial charge < -0.3 is 0 Å². The largest absolute Gasteiger partial charge is 1.00 e. The summed E-state index contributed by atoms with van der Waals surface area (Å²) in [6.45, 7) is 4.70. The van der Waals surface area contributed by atoms with E-state index in [4.69, 9.17) is 0 Å². The molecule has 0 aliphatic heterocycles. The predicted octanol–water partition coefficient (Wildman–Crippen LogP) is 2.41. The molecule has 4 aromatic carbocycles. The van der Waals surface area contributed by atoms with Crippen LogP contribution in [-0.2, 0) is 0 Å². The Morgan fingerprint density at radius 1 is 0.368 bits per heavy atom. The van der Waals surface area contributed by atoms with E-state index < -0.39 is 74.5 Å². The first kappa shape index (κ1) is 30.6. The van der Waals surface area contributed by atoms with E-state index in [2.05, 4.69) is 0 Å². The van der Waals surface area contributed by atoms with Crippen molar-refractivity contribution in [2.24, 2.45) is 0 Å². The van der Waals surface area contributed by atoms with Crippen LogP contribution in [0.5, 0.6) is 0 Å². The SMILES string of the molecule is Cc1ccc(F)c([B-](c2c(F)ccc(C)c2F)(c2c(F)ccc(C)c2F)c2c(F)ccc(C)c2F)c1F.[K+]. The van der Waals surface area contributed by atoms with Gasteiger partial charge in [-0.2, -0.15) is 0 Å². The molecule has 0 aromatic heterocycles. The van der Waals surface area contributed by atoms with Crippen LogP contribution in [0, 0.1) is 74.2 Å². The van der Waals surface area contributed by atoms with E-state index in [0.29, 0.717) is 24.3 Å².